The number of hydrogen-bond donors (Lipinski definition) is 1. The van der Waals surface area contributed by atoms with Gasteiger partial charge in [-0.3, -0.25) is 10.1 Å². The fourth-order valence-electron chi connectivity index (χ4n) is 2.51. The maximum Gasteiger partial charge on any atom is 0.293 e. The third kappa shape index (κ3) is 3.63. The Labute approximate surface area is 129 Å². The van der Waals surface area contributed by atoms with Gasteiger partial charge in [0.1, 0.15) is 11.5 Å². The molecule has 110 valence electrons. The molecule has 0 saturated heterocycles. The lowest BCUT2D eigenvalue weighted by atomic mass is 9.94. The number of nitrogens with zero attached hydrogens (tertiary/aromatic N) is 1. The van der Waals surface area contributed by atoms with Gasteiger partial charge >= 0.3 is 0 Å². The first-order chi connectivity index (χ1) is 9.51. The Bertz CT molecular complexity index is 515. The minimum absolute atomic E-state index is 0.0930. The van der Waals surface area contributed by atoms with E-state index in [0.29, 0.717) is 5.25 Å². The Morgan fingerprint density at radius 2 is 2.25 bits per heavy atom. The predicted molar refractivity (Wildman–Crippen MR) is 83.9 cm³/mol. The first-order valence-electron chi connectivity index (χ1n) is 6.44. The molecule has 2 rings (SSSR count). The lowest BCUT2D eigenvalue weighted by Gasteiger charge is -2.29. The zero-order valence-corrected chi connectivity index (χ0v) is 13.5. The summed E-state index contributed by atoms with van der Waals surface area (Å²) in [5.74, 6) is -0.490. The molecule has 0 aliphatic heterocycles. The fourth-order valence-corrected chi connectivity index (χ4v) is 3.67. The number of thioether (sulfide) groups is 1. The highest BCUT2D eigenvalue weighted by atomic mass is 79.9. The van der Waals surface area contributed by atoms with Crippen molar-refractivity contribution in [3.05, 3.63) is 32.5 Å². The fraction of sp³-hybridized carbons (Fsp3) is 0.538. The van der Waals surface area contributed by atoms with E-state index < -0.39 is 10.7 Å². The van der Waals surface area contributed by atoms with Gasteiger partial charge in [0, 0.05) is 23.4 Å². The van der Waals surface area contributed by atoms with Crippen molar-refractivity contribution < 1.29 is 9.31 Å². The average Bonchev–Trinajstić information content (AvgIpc) is 2.42. The van der Waals surface area contributed by atoms with Crippen LogP contribution in [-0.4, -0.2) is 22.5 Å². The highest BCUT2D eigenvalue weighted by molar-refractivity contribution is 9.10. The summed E-state index contributed by atoms with van der Waals surface area (Å²) in [6.07, 6.45) is 6.27. The van der Waals surface area contributed by atoms with Crippen LogP contribution in [0.25, 0.3) is 0 Å². The molecule has 2 atom stereocenters. The molecule has 0 heterocycles. The van der Waals surface area contributed by atoms with Gasteiger partial charge in [0.05, 0.1) is 9.40 Å². The number of anilines is 1. The van der Waals surface area contributed by atoms with E-state index in [0.717, 1.165) is 19.3 Å². The molecule has 20 heavy (non-hydrogen) atoms. The summed E-state index contributed by atoms with van der Waals surface area (Å²) in [5.41, 5.74) is 0.173. The van der Waals surface area contributed by atoms with Crippen LogP contribution in [0.4, 0.5) is 15.8 Å². The maximum absolute atomic E-state index is 13.6. The molecule has 1 saturated carbocycles. The average molecular weight is 363 g/mol. The molecule has 1 aromatic carbocycles. The number of rotatable bonds is 4. The van der Waals surface area contributed by atoms with Gasteiger partial charge in [-0.1, -0.05) is 6.42 Å². The van der Waals surface area contributed by atoms with Gasteiger partial charge in [0.15, 0.2) is 0 Å². The van der Waals surface area contributed by atoms with Crippen LogP contribution in [-0.2, 0) is 0 Å². The quantitative estimate of drug-likeness (QED) is 0.628. The number of hydrogen-bond acceptors (Lipinski definition) is 4. The summed E-state index contributed by atoms with van der Waals surface area (Å²) in [5, 5.41) is 14.8. The van der Waals surface area contributed by atoms with Gasteiger partial charge in [-0.15, -0.1) is 0 Å². The molecule has 1 N–H and O–H groups in total. The van der Waals surface area contributed by atoms with Crippen molar-refractivity contribution in [2.75, 3.05) is 11.6 Å². The van der Waals surface area contributed by atoms with Gasteiger partial charge in [0.2, 0.25) is 0 Å². The lowest BCUT2D eigenvalue weighted by molar-refractivity contribution is -0.384. The molecule has 2 unspecified atom stereocenters. The van der Waals surface area contributed by atoms with Crippen LogP contribution in [0.1, 0.15) is 25.7 Å². The second-order valence-corrected chi connectivity index (χ2v) is 6.90. The molecule has 0 spiro atoms. The lowest BCUT2D eigenvalue weighted by Crippen LogP contribution is -2.28. The van der Waals surface area contributed by atoms with Gasteiger partial charge < -0.3 is 5.32 Å². The number of nitro groups is 1. The second kappa shape index (κ2) is 6.76. The minimum Gasteiger partial charge on any atom is -0.377 e. The van der Waals surface area contributed by atoms with Gasteiger partial charge in [0.25, 0.3) is 5.69 Å². The van der Waals surface area contributed by atoms with Crippen LogP contribution in [0, 0.1) is 15.9 Å². The van der Waals surface area contributed by atoms with Crippen molar-refractivity contribution in [3.63, 3.8) is 0 Å². The summed E-state index contributed by atoms with van der Waals surface area (Å²) < 4.78 is 13.7. The highest BCUT2D eigenvalue weighted by Gasteiger charge is 2.24. The van der Waals surface area contributed by atoms with Crippen LogP contribution < -0.4 is 5.32 Å². The molecule has 1 aliphatic rings. The van der Waals surface area contributed by atoms with E-state index >= 15 is 0 Å². The largest absolute Gasteiger partial charge is 0.377 e. The molecule has 0 amide bonds. The van der Waals surface area contributed by atoms with Crippen molar-refractivity contribution in [1.82, 2.24) is 0 Å². The second-order valence-electron chi connectivity index (χ2n) is 4.91. The Balaban J connectivity index is 2.19. The Kier molecular flexibility index (Phi) is 5.26. The summed E-state index contributed by atoms with van der Waals surface area (Å²) in [6.45, 7) is 0. The summed E-state index contributed by atoms with van der Waals surface area (Å²) in [6, 6.07) is 2.58. The summed E-state index contributed by atoms with van der Waals surface area (Å²) >= 11 is 4.80. The van der Waals surface area contributed by atoms with Crippen molar-refractivity contribution in [3.8, 4) is 0 Å². The molecule has 0 aromatic heterocycles. The normalized spacial score (nSPS) is 22.6. The number of nitrogens with one attached hydrogen (secondary N) is 1. The molecule has 0 radical (unpaired) electrons. The van der Waals surface area contributed by atoms with E-state index in [4.69, 9.17) is 0 Å². The predicted octanol–water partition coefficient (Wildman–Crippen LogP) is 4.58. The number of nitro benzene ring substituents is 1. The summed E-state index contributed by atoms with van der Waals surface area (Å²) in [7, 11) is 0. The molecule has 1 fully saturated rings. The number of halogens is 2. The van der Waals surface area contributed by atoms with Gasteiger partial charge in [-0.2, -0.15) is 11.8 Å². The highest BCUT2D eigenvalue weighted by Crippen LogP contribution is 2.34. The Morgan fingerprint density at radius 1 is 1.50 bits per heavy atom. The van der Waals surface area contributed by atoms with Gasteiger partial charge in [-0.05, 0) is 41.4 Å². The third-order valence-corrected chi connectivity index (χ3v) is 5.26. The molecule has 1 aromatic rings. The van der Waals surface area contributed by atoms with Crippen LogP contribution in [0.5, 0.6) is 0 Å². The molecule has 4 nitrogen and oxygen atoms in total. The molecule has 1 aliphatic carbocycles. The van der Waals surface area contributed by atoms with Crippen molar-refractivity contribution in [1.29, 1.82) is 0 Å². The smallest absolute Gasteiger partial charge is 0.293 e. The van der Waals surface area contributed by atoms with Crippen LogP contribution >= 0.6 is 27.7 Å². The van der Waals surface area contributed by atoms with Crippen molar-refractivity contribution in [2.45, 2.75) is 37.0 Å². The third-order valence-electron chi connectivity index (χ3n) is 3.55. The van der Waals surface area contributed by atoms with E-state index in [1.807, 2.05) is 11.8 Å². The number of benzene rings is 1. The zero-order valence-electron chi connectivity index (χ0n) is 11.1. The monoisotopic (exact) mass is 362 g/mol. The van der Waals surface area contributed by atoms with Crippen LogP contribution in [0.3, 0.4) is 0 Å². The van der Waals surface area contributed by atoms with Crippen LogP contribution in [0.15, 0.2) is 16.6 Å². The molecular weight excluding hydrogens is 347 g/mol. The first-order valence-corrected chi connectivity index (χ1v) is 8.52. The van der Waals surface area contributed by atoms with E-state index in [1.54, 1.807) is 0 Å². The minimum atomic E-state index is -0.490. The molecular formula is C13H16BrFN2O2S. The van der Waals surface area contributed by atoms with Crippen molar-refractivity contribution >= 4 is 39.1 Å². The first kappa shape index (κ1) is 15.6. The van der Waals surface area contributed by atoms with E-state index in [1.165, 1.54) is 18.6 Å². The summed E-state index contributed by atoms with van der Waals surface area (Å²) in [4.78, 5) is 10.6. The Morgan fingerprint density at radius 3 is 2.90 bits per heavy atom. The van der Waals surface area contributed by atoms with Crippen molar-refractivity contribution in [2.24, 2.45) is 0 Å². The van der Waals surface area contributed by atoms with E-state index in [-0.39, 0.29) is 21.9 Å². The van der Waals surface area contributed by atoms with Gasteiger partial charge in [-0.25, -0.2) is 4.39 Å². The van der Waals surface area contributed by atoms with E-state index in [2.05, 4.69) is 27.5 Å². The van der Waals surface area contributed by atoms with E-state index in [9.17, 15) is 14.5 Å². The maximum atomic E-state index is 13.6. The zero-order chi connectivity index (χ0) is 14.7. The standard InChI is InChI=1S/C13H16BrFN2O2S/c1-20-9-4-2-3-8(5-9)16-12-7-11(15)10(14)6-13(12)17(18)19/h6-9,16H,2-5H2,1H3. The molecule has 7 heteroatoms. The van der Waals surface area contributed by atoms with Crippen LogP contribution in [0.2, 0.25) is 0 Å². The topological polar surface area (TPSA) is 55.2 Å². The Hall–Kier alpha value is -0.820. The SMILES string of the molecule is CSC1CCCC(Nc2cc(F)c(Br)cc2[N+](=O)[O-])C1. The molecule has 0 bridgehead atoms.